The van der Waals surface area contributed by atoms with Gasteiger partial charge in [0, 0.05) is 43.1 Å². The third-order valence-electron chi connectivity index (χ3n) is 10.8. The predicted molar refractivity (Wildman–Crippen MR) is 226 cm³/mol. The van der Waals surface area contributed by atoms with E-state index < -0.39 is 24.3 Å². The van der Waals surface area contributed by atoms with Crippen molar-refractivity contribution in [3.8, 4) is 39.9 Å². The number of aromatic nitrogens is 3. The van der Waals surface area contributed by atoms with Crippen LogP contribution in [0.25, 0.3) is 34.2 Å². The zero-order valence-corrected chi connectivity index (χ0v) is 34.4. The molecule has 56 heavy (non-hydrogen) atoms. The summed E-state index contributed by atoms with van der Waals surface area (Å²) in [6.45, 7) is 11.2. The fourth-order valence-corrected chi connectivity index (χ4v) is 6.72. The van der Waals surface area contributed by atoms with Gasteiger partial charge >= 0.3 is 0 Å². The van der Waals surface area contributed by atoms with Crippen molar-refractivity contribution in [2.24, 2.45) is 23.3 Å². The van der Waals surface area contributed by atoms with Gasteiger partial charge in [-0.05, 0) is 72.9 Å². The summed E-state index contributed by atoms with van der Waals surface area (Å²) in [7, 11) is 1.63. The number of nitrogens with zero attached hydrogens (tertiary/aromatic N) is 3. The number of aliphatic hydroxyl groups is 2. The van der Waals surface area contributed by atoms with Crippen LogP contribution in [-0.4, -0.2) is 70.9 Å². The minimum atomic E-state index is -0.735. The van der Waals surface area contributed by atoms with Crippen molar-refractivity contribution in [2.75, 3.05) is 33.5 Å². The molecule has 0 spiro atoms. The molecule has 6 N–H and O–H groups in total. The highest BCUT2D eigenvalue weighted by molar-refractivity contribution is 5.67. The number of nitrogens with two attached hydrogens (primary N) is 2. The molecule has 0 bridgehead atoms. The van der Waals surface area contributed by atoms with Crippen molar-refractivity contribution in [3.05, 3.63) is 83.9 Å². The zero-order valence-electron chi connectivity index (χ0n) is 34.4. The van der Waals surface area contributed by atoms with Gasteiger partial charge in [-0.25, -0.2) is 15.0 Å². The maximum absolute atomic E-state index is 10.9. The van der Waals surface area contributed by atoms with Crippen molar-refractivity contribution in [3.63, 3.8) is 0 Å². The summed E-state index contributed by atoms with van der Waals surface area (Å²) in [6.07, 6.45) is 8.80. The summed E-state index contributed by atoms with van der Waals surface area (Å²) in [4.78, 5) is 14.6. The van der Waals surface area contributed by atoms with E-state index in [1.54, 1.807) is 7.11 Å². The van der Waals surface area contributed by atoms with Gasteiger partial charge in [0.1, 0.15) is 5.75 Å². The molecular weight excluding hydrogens is 703 g/mol. The van der Waals surface area contributed by atoms with Crippen LogP contribution in [0.2, 0.25) is 0 Å². The molecule has 10 heteroatoms. The quantitative estimate of drug-likeness (QED) is 0.0455. The van der Waals surface area contributed by atoms with E-state index in [0.29, 0.717) is 55.4 Å². The van der Waals surface area contributed by atoms with E-state index in [0.717, 1.165) is 59.6 Å². The molecule has 1 heterocycles. The Kier molecular flexibility index (Phi) is 19.3. The SMILES string of the molecule is CCCCC(CC)COCCC(O)C(N)c1ccc(-c2nc(-c3ccc(OC)cc3)nc(-c3ccc(C(N)C(O)CCOCC(CC)CCCC)cc3)n2)cc1. The van der Waals surface area contributed by atoms with Gasteiger partial charge in [0.2, 0.25) is 0 Å². The van der Waals surface area contributed by atoms with E-state index in [4.69, 9.17) is 40.6 Å². The molecule has 0 saturated heterocycles. The summed E-state index contributed by atoms with van der Waals surface area (Å²) in [5, 5.41) is 21.8. The number of rotatable bonds is 26. The molecule has 6 atom stereocenters. The summed E-state index contributed by atoms with van der Waals surface area (Å²) >= 11 is 0. The maximum Gasteiger partial charge on any atom is 0.164 e. The Hall–Kier alpha value is -3.77. The highest BCUT2D eigenvalue weighted by atomic mass is 16.5. The van der Waals surface area contributed by atoms with Crippen LogP contribution >= 0.6 is 0 Å². The van der Waals surface area contributed by atoms with Crippen LogP contribution in [0.3, 0.4) is 0 Å². The lowest BCUT2D eigenvalue weighted by atomic mass is 9.98. The molecule has 3 aromatic carbocycles. The second kappa shape index (κ2) is 24.1. The van der Waals surface area contributed by atoms with Crippen LogP contribution in [0, 0.1) is 11.8 Å². The molecule has 0 saturated carbocycles. The van der Waals surface area contributed by atoms with Crippen LogP contribution in [0.4, 0.5) is 0 Å². The molecule has 0 radical (unpaired) electrons. The number of benzene rings is 3. The fraction of sp³-hybridized carbons (Fsp3) is 0.543. The molecule has 1 aromatic heterocycles. The van der Waals surface area contributed by atoms with Gasteiger partial charge in [-0.3, -0.25) is 0 Å². The lowest BCUT2D eigenvalue weighted by Crippen LogP contribution is -2.27. The van der Waals surface area contributed by atoms with Gasteiger partial charge < -0.3 is 35.9 Å². The Bertz CT molecular complexity index is 1570. The number of aliphatic hydroxyl groups excluding tert-OH is 2. The Balaban J connectivity index is 1.46. The van der Waals surface area contributed by atoms with E-state index in [2.05, 4.69) is 27.7 Å². The van der Waals surface area contributed by atoms with E-state index in [-0.39, 0.29) is 0 Å². The summed E-state index contributed by atoms with van der Waals surface area (Å²) in [6, 6.07) is 21.8. The van der Waals surface area contributed by atoms with Gasteiger partial charge in [0.25, 0.3) is 0 Å². The second-order valence-corrected chi connectivity index (χ2v) is 15.0. The van der Waals surface area contributed by atoms with Crippen molar-refractivity contribution in [1.29, 1.82) is 0 Å². The van der Waals surface area contributed by atoms with Gasteiger partial charge in [0.05, 0.1) is 31.4 Å². The minimum absolute atomic E-state index is 0.463. The molecule has 0 aliphatic heterocycles. The molecule has 10 nitrogen and oxygen atoms in total. The smallest absolute Gasteiger partial charge is 0.164 e. The largest absolute Gasteiger partial charge is 0.497 e. The first-order valence-electron chi connectivity index (χ1n) is 20.8. The normalized spacial score (nSPS) is 14.9. The van der Waals surface area contributed by atoms with E-state index in [1.807, 2.05) is 72.8 Å². The average molecular weight is 770 g/mol. The maximum atomic E-state index is 10.9. The molecule has 0 amide bonds. The highest BCUT2D eigenvalue weighted by Gasteiger charge is 2.20. The molecule has 4 aromatic rings. The topological polar surface area (TPSA) is 159 Å². The van der Waals surface area contributed by atoms with Gasteiger partial charge in [0.15, 0.2) is 17.5 Å². The number of hydrogen-bond acceptors (Lipinski definition) is 10. The lowest BCUT2D eigenvalue weighted by molar-refractivity contribution is 0.0508. The van der Waals surface area contributed by atoms with E-state index in [9.17, 15) is 10.2 Å². The van der Waals surface area contributed by atoms with Crippen molar-refractivity contribution in [1.82, 2.24) is 15.0 Å². The molecule has 0 fully saturated rings. The molecule has 306 valence electrons. The number of ether oxygens (including phenoxy) is 3. The first-order chi connectivity index (χ1) is 27.2. The molecule has 0 aliphatic carbocycles. The Labute approximate surface area is 335 Å². The zero-order chi connectivity index (χ0) is 40.3. The number of unbranched alkanes of at least 4 members (excludes halogenated alkanes) is 2. The summed E-state index contributed by atoms with van der Waals surface area (Å²) in [5.74, 6) is 3.36. The third kappa shape index (κ3) is 13.7. The molecule has 6 unspecified atom stereocenters. The van der Waals surface area contributed by atoms with Crippen molar-refractivity contribution < 1.29 is 24.4 Å². The van der Waals surface area contributed by atoms with Gasteiger partial charge in [-0.15, -0.1) is 0 Å². The third-order valence-corrected chi connectivity index (χ3v) is 10.8. The average Bonchev–Trinajstić information content (AvgIpc) is 3.25. The molecule has 4 rings (SSSR count). The molecular formula is C46H67N5O5. The van der Waals surface area contributed by atoms with Gasteiger partial charge in [-0.2, -0.15) is 0 Å². The van der Waals surface area contributed by atoms with Crippen molar-refractivity contribution in [2.45, 2.75) is 116 Å². The van der Waals surface area contributed by atoms with Crippen LogP contribution in [-0.2, 0) is 9.47 Å². The Morgan fingerprint density at radius 2 is 0.893 bits per heavy atom. The van der Waals surface area contributed by atoms with E-state index >= 15 is 0 Å². The van der Waals surface area contributed by atoms with Crippen LogP contribution in [0.5, 0.6) is 5.75 Å². The minimum Gasteiger partial charge on any atom is -0.497 e. The Morgan fingerprint density at radius 3 is 1.21 bits per heavy atom. The number of hydrogen-bond donors (Lipinski definition) is 4. The summed E-state index contributed by atoms with van der Waals surface area (Å²) in [5.41, 5.74) is 17.0. The molecule has 0 aliphatic rings. The van der Waals surface area contributed by atoms with Crippen LogP contribution in [0.1, 0.15) is 115 Å². The van der Waals surface area contributed by atoms with Crippen molar-refractivity contribution >= 4 is 0 Å². The standard InChI is InChI=1S/C46H67N5O5/c1-6-10-12-32(8-3)30-55-28-26-40(52)42(47)34-14-18-36(19-15-34)44-49-45(51-46(50-44)38-22-24-39(54-5)25-23-38)37-20-16-35(17-21-37)43(48)41(53)27-29-56-31-33(9-4)13-11-7-2/h14-25,32-33,40-43,52-53H,6-13,26-31,47-48H2,1-5H3. The first kappa shape index (κ1) is 44.9. The number of methoxy groups -OCH3 is 1. The lowest BCUT2D eigenvalue weighted by Gasteiger charge is -2.21. The predicted octanol–water partition coefficient (Wildman–Crippen LogP) is 8.85. The highest BCUT2D eigenvalue weighted by Crippen LogP contribution is 2.29. The Morgan fingerprint density at radius 1 is 0.536 bits per heavy atom. The van der Waals surface area contributed by atoms with E-state index in [1.165, 1.54) is 38.5 Å². The monoisotopic (exact) mass is 770 g/mol. The van der Waals surface area contributed by atoms with Crippen LogP contribution in [0.15, 0.2) is 72.8 Å². The summed E-state index contributed by atoms with van der Waals surface area (Å²) < 4.78 is 17.2. The van der Waals surface area contributed by atoms with Gasteiger partial charge in [-0.1, -0.05) is 115 Å². The first-order valence-corrected chi connectivity index (χ1v) is 20.8. The second-order valence-electron chi connectivity index (χ2n) is 15.0. The fourth-order valence-electron chi connectivity index (χ4n) is 6.72. The van der Waals surface area contributed by atoms with Crippen LogP contribution < -0.4 is 16.2 Å².